The SMILES string of the molecule is CC1=[C-]CC=C1.[Br-].[Br-].[Os+2]. The number of rotatable bonds is 0. The summed E-state index contributed by atoms with van der Waals surface area (Å²) in [5, 5.41) is 0. The maximum atomic E-state index is 3.12. The molecular formula is C6H7Br2Os-. The average molecular weight is 429 g/mol. The molecule has 0 amide bonds. The standard InChI is InChI=1S/C6H7.2BrH.Os/c1-6-4-2-3-5-6;;;/h2,4H,3H2,1H3;2*1H;/q-1;;;+2/p-2. The van der Waals surface area contributed by atoms with Crippen molar-refractivity contribution in [1.29, 1.82) is 0 Å². The van der Waals surface area contributed by atoms with Gasteiger partial charge in [0.15, 0.2) is 0 Å². The van der Waals surface area contributed by atoms with Gasteiger partial charge in [-0.25, -0.2) is 11.6 Å². The Morgan fingerprint density at radius 2 is 2.00 bits per heavy atom. The van der Waals surface area contributed by atoms with Gasteiger partial charge in [-0.15, -0.1) is 6.42 Å². The van der Waals surface area contributed by atoms with E-state index in [9.17, 15) is 0 Å². The van der Waals surface area contributed by atoms with Gasteiger partial charge in [-0.05, 0) is 0 Å². The third-order valence-electron chi connectivity index (χ3n) is 0.867. The van der Waals surface area contributed by atoms with Crippen molar-refractivity contribution in [3.05, 3.63) is 23.8 Å². The predicted molar refractivity (Wildman–Crippen MR) is 26.2 cm³/mol. The molecule has 0 N–H and O–H groups in total. The molecule has 0 aromatic rings. The quantitative estimate of drug-likeness (QED) is 0.342. The largest absolute Gasteiger partial charge is 2.00 e. The van der Waals surface area contributed by atoms with Gasteiger partial charge in [-0.2, -0.15) is 6.08 Å². The van der Waals surface area contributed by atoms with E-state index < -0.39 is 0 Å². The van der Waals surface area contributed by atoms with Gasteiger partial charge in [0.05, 0.1) is 0 Å². The van der Waals surface area contributed by atoms with E-state index in [1.54, 1.807) is 0 Å². The van der Waals surface area contributed by atoms with E-state index in [1.807, 2.05) is 0 Å². The molecule has 0 unspecified atom stereocenters. The van der Waals surface area contributed by atoms with Crippen molar-refractivity contribution < 1.29 is 53.8 Å². The van der Waals surface area contributed by atoms with Crippen LogP contribution in [0.1, 0.15) is 13.3 Å². The topological polar surface area (TPSA) is 0 Å². The van der Waals surface area contributed by atoms with Gasteiger partial charge in [0, 0.05) is 0 Å². The van der Waals surface area contributed by atoms with Gasteiger partial charge in [0.1, 0.15) is 0 Å². The van der Waals surface area contributed by atoms with Crippen LogP contribution >= 0.6 is 0 Å². The molecule has 0 radical (unpaired) electrons. The van der Waals surface area contributed by atoms with Crippen LogP contribution in [0, 0.1) is 6.08 Å². The van der Waals surface area contributed by atoms with Crippen LogP contribution in [-0.2, 0) is 19.8 Å². The fraction of sp³-hybridized carbons (Fsp3) is 0.333. The molecule has 1 aliphatic rings. The molecule has 0 aromatic carbocycles. The molecular weight excluding hydrogens is 422 g/mol. The van der Waals surface area contributed by atoms with Gasteiger partial charge in [0.2, 0.25) is 0 Å². The molecule has 1 rings (SSSR count). The summed E-state index contributed by atoms with van der Waals surface area (Å²) in [7, 11) is 0. The minimum Gasteiger partial charge on any atom is -1.00 e. The minimum atomic E-state index is 0. The zero-order chi connectivity index (χ0) is 4.41. The molecule has 0 saturated carbocycles. The number of hydrogen-bond acceptors (Lipinski definition) is 0. The van der Waals surface area contributed by atoms with E-state index >= 15 is 0 Å². The molecule has 3 heteroatoms. The Hall–Kier alpha value is 1.08. The second kappa shape index (κ2) is 9.08. The molecule has 0 aliphatic heterocycles. The fourth-order valence-corrected chi connectivity index (χ4v) is 0.515. The van der Waals surface area contributed by atoms with Crippen molar-refractivity contribution in [3.8, 4) is 0 Å². The van der Waals surface area contributed by atoms with Crippen molar-refractivity contribution >= 4 is 0 Å². The summed E-state index contributed by atoms with van der Waals surface area (Å²) in [6.45, 7) is 2.06. The van der Waals surface area contributed by atoms with E-state index in [-0.39, 0.29) is 53.8 Å². The van der Waals surface area contributed by atoms with E-state index in [4.69, 9.17) is 0 Å². The summed E-state index contributed by atoms with van der Waals surface area (Å²) in [4.78, 5) is 0. The Labute approximate surface area is 90.4 Å². The number of halogens is 2. The zero-order valence-corrected chi connectivity index (χ0v) is 10.7. The third-order valence-corrected chi connectivity index (χ3v) is 0.867. The Morgan fingerprint density at radius 3 is 2.11 bits per heavy atom. The maximum absolute atomic E-state index is 3.12. The Balaban J connectivity index is -0.000000120. The zero-order valence-electron chi connectivity index (χ0n) is 4.97. The Morgan fingerprint density at radius 1 is 1.44 bits per heavy atom. The van der Waals surface area contributed by atoms with Gasteiger partial charge >= 0.3 is 19.8 Å². The van der Waals surface area contributed by atoms with Crippen molar-refractivity contribution in [3.63, 3.8) is 0 Å². The normalized spacial score (nSPS) is 12.3. The van der Waals surface area contributed by atoms with E-state index in [0.29, 0.717) is 0 Å². The molecule has 1 aliphatic carbocycles. The first kappa shape index (κ1) is 16.6. The van der Waals surface area contributed by atoms with Crippen LogP contribution in [-0.4, -0.2) is 0 Å². The van der Waals surface area contributed by atoms with Crippen LogP contribution < -0.4 is 34.0 Å². The molecule has 0 spiro atoms. The first-order valence-corrected chi connectivity index (χ1v) is 2.13. The van der Waals surface area contributed by atoms with Gasteiger partial charge < -0.3 is 34.0 Å². The molecule has 9 heavy (non-hydrogen) atoms. The molecule has 0 nitrogen and oxygen atoms in total. The number of allylic oxidation sites excluding steroid dienone is 4. The van der Waals surface area contributed by atoms with Crippen molar-refractivity contribution in [1.82, 2.24) is 0 Å². The van der Waals surface area contributed by atoms with Gasteiger partial charge in [0.25, 0.3) is 0 Å². The molecule has 0 atom stereocenters. The Bertz CT molecular complexity index is 105. The van der Waals surface area contributed by atoms with Crippen molar-refractivity contribution in [2.45, 2.75) is 13.3 Å². The summed E-state index contributed by atoms with van der Waals surface area (Å²) in [5.74, 6) is 0. The summed E-state index contributed by atoms with van der Waals surface area (Å²) in [6.07, 6.45) is 8.33. The molecule has 0 saturated heterocycles. The van der Waals surface area contributed by atoms with Gasteiger partial charge in [-0.3, -0.25) is 6.08 Å². The van der Waals surface area contributed by atoms with Crippen LogP contribution in [0.2, 0.25) is 0 Å². The van der Waals surface area contributed by atoms with E-state index in [1.165, 1.54) is 5.57 Å². The van der Waals surface area contributed by atoms with Crippen molar-refractivity contribution in [2.75, 3.05) is 0 Å². The number of hydrogen-bond donors (Lipinski definition) is 0. The van der Waals surface area contributed by atoms with Crippen LogP contribution in [0.3, 0.4) is 0 Å². The average Bonchev–Trinajstić information content (AvgIpc) is 1.86. The van der Waals surface area contributed by atoms with Crippen LogP contribution in [0.25, 0.3) is 0 Å². The van der Waals surface area contributed by atoms with Crippen LogP contribution in [0.5, 0.6) is 0 Å². The predicted octanol–water partition coefficient (Wildman–Crippen LogP) is -4.30. The van der Waals surface area contributed by atoms with Gasteiger partial charge in [-0.1, -0.05) is 6.92 Å². The summed E-state index contributed by atoms with van der Waals surface area (Å²) < 4.78 is 0. The molecule has 0 bridgehead atoms. The van der Waals surface area contributed by atoms with E-state index in [2.05, 4.69) is 25.2 Å². The first-order chi connectivity index (χ1) is 2.89. The maximum Gasteiger partial charge on any atom is 2.00 e. The Kier molecular flexibility index (Phi) is 16.7. The molecule has 54 valence electrons. The second-order valence-electron chi connectivity index (χ2n) is 1.47. The first-order valence-electron chi connectivity index (χ1n) is 2.13. The van der Waals surface area contributed by atoms with Crippen molar-refractivity contribution in [2.24, 2.45) is 0 Å². The third kappa shape index (κ3) is 6.97. The van der Waals surface area contributed by atoms with E-state index in [0.717, 1.165) is 6.42 Å². The minimum absolute atomic E-state index is 0. The molecule has 0 aromatic heterocycles. The fourth-order valence-electron chi connectivity index (χ4n) is 0.515. The van der Waals surface area contributed by atoms with Crippen LogP contribution in [0.15, 0.2) is 17.7 Å². The monoisotopic (exact) mass is 429 g/mol. The summed E-state index contributed by atoms with van der Waals surface area (Å²) >= 11 is 0. The summed E-state index contributed by atoms with van der Waals surface area (Å²) in [6, 6.07) is 0. The summed E-state index contributed by atoms with van der Waals surface area (Å²) in [5.41, 5.74) is 1.27. The molecule has 0 heterocycles. The molecule has 0 fully saturated rings. The smallest absolute Gasteiger partial charge is 1.00 e. The van der Waals surface area contributed by atoms with Crippen LogP contribution in [0.4, 0.5) is 0 Å². The second-order valence-corrected chi connectivity index (χ2v) is 1.47.